The summed E-state index contributed by atoms with van der Waals surface area (Å²) in [7, 11) is 0. The first kappa shape index (κ1) is 9.58. The molecule has 3 N–H and O–H groups in total. The van der Waals surface area contributed by atoms with Crippen LogP contribution in [0.5, 0.6) is 0 Å². The second-order valence-corrected chi connectivity index (χ2v) is 3.64. The van der Waals surface area contributed by atoms with Gasteiger partial charge in [-0.05, 0) is 24.6 Å². The molecule has 1 aromatic rings. The molecule has 1 rings (SSSR count). The molecule has 0 radical (unpaired) electrons. The fourth-order valence-electron chi connectivity index (χ4n) is 0.933. The van der Waals surface area contributed by atoms with E-state index in [1.54, 1.807) is 6.92 Å². The lowest BCUT2D eigenvalue weighted by Crippen LogP contribution is -2.36. The minimum atomic E-state index is -0.651. The second-order valence-electron chi connectivity index (χ2n) is 3.12. The van der Waals surface area contributed by atoms with Crippen molar-refractivity contribution in [2.75, 3.05) is 6.61 Å². The highest BCUT2D eigenvalue weighted by atomic mass is 32.1. The summed E-state index contributed by atoms with van der Waals surface area (Å²) in [5, 5.41) is 8.97. The SMILES string of the molecule is C[C@](N)(CO)c1ccc(S)cc1. The van der Waals surface area contributed by atoms with E-state index in [4.69, 9.17) is 10.8 Å². The van der Waals surface area contributed by atoms with Crippen molar-refractivity contribution in [1.82, 2.24) is 0 Å². The lowest BCUT2D eigenvalue weighted by Gasteiger charge is -2.22. The maximum Gasteiger partial charge on any atom is 0.0650 e. The Balaban J connectivity index is 2.96. The van der Waals surface area contributed by atoms with Gasteiger partial charge in [0.25, 0.3) is 0 Å². The van der Waals surface area contributed by atoms with Gasteiger partial charge in [0.2, 0.25) is 0 Å². The van der Waals surface area contributed by atoms with E-state index < -0.39 is 5.54 Å². The van der Waals surface area contributed by atoms with Gasteiger partial charge in [-0.1, -0.05) is 12.1 Å². The maximum absolute atomic E-state index is 8.97. The molecule has 0 saturated carbocycles. The van der Waals surface area contributed by atoms with E-state index in [0.717, 1.165) is 10.5 Å². The summed E-state index contributed by atoms with van der Waals surface area (Å²) >= 11 is 4.15. The van der Waals surface area contributed by atoms with E-state index in [1.807, 2.05) is 24.3 Å². The first-order valence-corrected chi connectivity index (χ1v) is 4.20. The molecule has 66 valence electrons. The Kier molecular flexibility index (Phi) is 2.77. The predicted octanol–water partition coefficient (Wildman–Crippen LogP) is 1.14. The molecule has 12 heavy (non-hydrogen) atoms. The first-order chi connectivity index (χ1) is 5.56. The van der Waals surface area contributed by atoms with Crippen LogP contribution >= 0.6 is 12.6 Å². The van der Waals surface area contributed by atoms with Crippen molar-refractivity contribution >= 4 is 12.6 Å². The smallest absolute Gasteiger partial charge is 0.0650 e. The molecule has 0 heterocycles. The molecule has 0 unspecified atom stereocenters. The van der Waals surface area contributed by atoms with E-state index in [2.05, 4.69) is 12.6 Å². The second kappa shape index (κ2) is 3.47. The van der Waals surface area contributed by atoms with Crippen LogP contribution in [0, 0.1) is 0 Å². The number of hydrogen-bond acceptors (Lipinski definition) is 3. The summed E-state index contributed by atoms with van der Waals surface area (Å²) in [5.74, 6) is 0. The number of rotatable bonds is 2. The quantitative estimate of drug-likeness (QED) is 0.602. The zero-order chi connectivity index (χ0) is 9.19. The van der Waals surface area contributed by atoms with Gasteiger partial charge in [0.05, 0.1) is 12.1 Å². The molecule has 0 aliphatic rings. The molecular formula is C9H13NOS. The monoisotopic (exact) mass is 183 g/mol. The first-order valence-electron chi connectivity index (χ1n) is 3.75. The van der Waals surface area contributed by atoms with Gasteiger partial charge in [-0.2, -0.15) is 0 Å². The molecule has 3 heteroatoms. The van der Waals surface area contributed by atoms with Crippen molar-refractivity contribution < 1.29 is 5.11 Å². The Morgan fingerprint density at radius 2 is 1.92 bits per heavy atom. The summed E-state index contributed by atoms with van der Waals surface area (Å²) in [5.41, 5.74) is 6.08. The number of hydrogen-bond donors (Lipinski definition) is 3. The van der Waals surface area contributed by atoms with Gasteiger partial charge in [-0.15, -0.1) is 12.6 Å². The van der Waals surface area contributed by atoms with Gasteiger partial charge in [-0.25, -0.2) is 0 Å². The van der Waals surface area contributed by atoms with Crippen molar-refractivity contribution in [3.8, 4) is 0 Å². The van der Waals surface area contributed by atoms with Crippen LogP contribution in [0.1, 0.15) is 12.5 Å². The average Bonchev–Trinajstić information content (AvgIpc) is 2.05. The normalized spacial score (nSPS) is 15.7. The summed E-state index contributed by atoms with van der Waals surface area (Å²) in [6.07, 6.45) is 0. The van der Waals surface area contributed by atoms with E-state index >= 15 is 0 Å². The Morgan fingerprint density at radius 3 is 2.33 bits per heavy atom. The molecule has 1 aromatic carbocycles. The number of benzene rings is 1. The lowest BCUT2D eigenvalue weighted by atomic mass is 9.94. The average molecular weight is 183 g/mol. The minimum Gasteiger partial charge on any atom is -0.394 e. The fraction of sp³-hybridized carbons (Fsp3) is 0.333. The topological polar surface area (TPSA) is 46.2 Å². The molecule has 0 aliphatic heterocycles. The maximum atomic E-state index is 8.97. The molecule has 0 aromatic heterocycles. The van der Waals surface area contributed by atoms with Crippen molar-refractivity contribution in [1.29, 1.82) is 0 Å². The third-order valence-corrected chi connectivity index (χ3v) is 2.15. The third-order valence-electron chi connectivity index (χ3n) is 1.86. The van der Waals surface area contributed by atoms with Crippen molar-refractivity contribution in [3.05, 3.63) is 29.8 Å². The Morgan fingerprint density at radius 1 is 1.42 bits per heavy atom. The highest BCUT2D eigenvalue weighted by Crippen LogP contribution is 2.18. The van der Waals surface area contributed by atoms with E-state index in [-0.39, 0.29) is 6.61 Å². The molecule has 0 saturated heterocycles. The molecular weight excluding hydrogens is 170 g/mol. The van der Waals surface area contributed by atoms with Gasteiger partial charge in [-0.3, -0.25) is 0 Å². The number of thiol groups is 1. The van der Waals surface area contributed by atoms with Crippen LogP contribution in [0.25, 0.3) is 0 Å². The van der Waals surface area contributed by atoms with Gasteiger partial charge in [0.1, 0.15) is 0 Å². The predicted molar refractivity (Wildman–Crippen MR) is 52.3 cm³/mol. The highest BCUT2D eigenvalue weighted by molar-refractivity contribution is 7.80. The Bertz CT molecular complexity index is 256. The van der Waals surface area contributed by atoms with Crippen LogP contribution in [-0.2, 0) is 5.54 Å². The summed E-state index contributed by atoms with van der Waals surface area (Å²) in [6, 6.07) is 7.47. The molecule has 1 atom stereocenters. The number of nitrogens with two attached hydrogens (primary N) is 1. The van der Waals surface area contributed by atoms with Crippen molar-refractivity contribution in [3.63, 3.8) is 0 Å². The molecule has 0 fully saturated rings. The molecule has 0 spiro atoms. The van der Waals surface area contributed by atoms with Gasteiger partial charge >= 0.3 is 0 Å². The van der Waals surface area contributed by atoms with Gasteiger partial charge in [0, 0.05) is 4.90 Å². The van der Waals surface area contributed by atoms with Crippen LogP contribution < -0.4 is 5.73 Å². The van der Waals surface area contributed by atoms with Crippen molar-refractivity contribution in [2.45, 2.75) is 17.4 Å². The van der Waals surface area contributed by atoms with Crippen molar-refractivity contribution in [2.24, 2.45) is 5.73 Å². The van der Waals surface area contributed by atoms with Crippen LogP contribution in [0.4, 0.5) is 0 Å². The molecule has 2 nitrogen and oxygen atoms in total. The number of aliphatic hydroxyl groups is 1. The molecule has 0 amide bonds. The van der Waals surface area contributed by atoms with Gasteiger partial charge < -0.3 is 10.8 Å². The van der Waals surface area contributed by atoms with Gasteiger partial charge in [0.15, 0.2) is 0 Å². The zero-order valence-corrected chi connectivity index (χ0v) is 7.88. The van der Waals surface area contributed by atoms with Crippen LogP contribution in [0.15, 0.2) is 29.2 Å². The minimum absolute atomic E-state index is 0.0566. The molecule has 0 aliphatic carbocycles. The summed E-state index contributed by atoms with van der Waals surface area (Å²) in [4.78, 5) is 0.896. The highest BCUT2D eigenvalue weighted by Gasteiger charge is 2.18. The standard InChI is InChI=1S/C9H13NOS/c1-9(10,6-11)7-2-4-8(12)5-3-7/h2-5,11-12H,6,10H2,1H3/t9-/m0/s1. The van der Waals surface area contributed by atoms with Crippen LogP contribution in [0.3, 0.4) is 0 Å². The number of aliphatic hydroxyl groups excluding tert-OH is 1. The van der Waals surface area contributed by atoms with E-state index in [0.29, 0.717) is 0 Å². The van der Waals surface area contributed by atoms with E-state index in [1.165, 1.54) is 0 Å². The third kappa shape index (κ3) is 2.00. The fourth-order valence-corrected chi connectivity index (χ4v) is 1.08. The van der Waals surface area contributed by atoms with Crippen LogP contribution in [-0.4, -0.2) is 11.7 Å². The summed E-state index contributed by atoms with van der Waals surface area (Å²) < 4.78 is 0. The van der Waals surface area contributed by atoms with E-state index in [9.17, 15) is 0 Å². The zero-order valence-electron chi connectivity index (χ0n) is 6.99. The van der Waals surface area contributed by atoms with Crippen LogP contribution in [0.2, 0.25) is 0 Å². The Hall–Kier alpha value is -0.510. The lowest BCUT2D eigenvalue weighted by molar-refractivity contribution is 0.210. The Labute approximate surface area is 77.8 Å². The summed E-state index contributed by atoms with van der Waals surface area (Å²) in [6.45, 7) is 1.74. The molecule has 0 bridgehead atoms. The largest absolute Gasteiger partial charge is 0.394 e.